The van der Waals surface area contributed by atoms with Gasteiger partial charge in [0, 0.05) is 15.8 Å². The minimum Gasteiger partial charge on any atom is -0.324 e. The first-order valence-electron chi connectivity index (χ1n) is 6.27. The van der Waals surface area contributed by atoms with Crippen LogP contribution in [0.1, 0.15) is 29.7 Å². The summed E-state index contributed by atoms with van der Waals surface area (Å²) < 4.78 is 13.3. The zero-order valence-electron chi connectivity index (χ0n) is 11.4. The fourth-order valence-electron chi connectivity index (χ4n) is 2.00. The number of benzene rings is 2. The molecule has 2 aromatic carbocycles. The predicted octanol–water partition coefficient (Wildman–Crippen LogP) is 4.61. The van der Waals surface area contributed by atoms with Crippen LogP contribution in [-0.2, 0) is 0 Å². The smallest absolute Gasteiger partial charge is 0.123 e. The summed E-state index contributed by atoms with van der Waals surface area (Å²) in [5, 5.41) is 0. The van der Waals surface area contributed by atoms with E-state index in [2.05, 4.69) is 32.0 Å². The van der Waals surface area contributed by atoms with E-state index in [4.69, 9.17) is 5.73 Å². The van der Waals surface area contributed by atoms with Gasteiger partial charge in [-0.25, -0.2) is 4.39 Å². The Balaban J connectivity index is 2.38. The largest absolute Gasteiger partial charge is 0.324 e. The van der Waals surface area contributed by atoms with E-state index in [0.29, 0.717) is 0 Å². The molecule has 0 aromatic heterocycles. The summed E-state index contributed by atoms with van der Waals surface area (Å²) >= 11 is 1.64. The van der Waals surface area contributed by atoms with Gasteiger partial charge in [-0.1, -0.05) is 29.5 Å². The molecule has 1 atom stereocenters. The lowest BCUT2D eigenvalue weighted by Gasteiger charge is -2.14. The summed E-state index contributed by atoms with van der Waals surface area (Å²) in [7, 11) is 0. The molecule has 2 aromatic rings. The number of hydrogen-bond donors (Lipinski definition) is 1. The highest BCUT2D eigenvalue weighted by Gasteiger charge is 2.11. The molecule has 0 aliphatic carbocycles. The highest BCUT2D eigenvalue weighted by molar-refractivity contribution is 7.99. The van der Waals surface area contributed by atoms with Gasteiger partial charge in [-0.15, -0.1) is 0 Å². The number of aryl methyl sites for hydroxylation is 2. The summed E-state index contributed by atoms with van der Waals surface area (Å²) in [6.07, 6.45) is 0. The minimum absolute atomic E-state index is 0.177. The molecular formula is C16H18FNS. The van der Waals surface area contributed by atoms with Gasteiger partial charge in [0.25, 0.3) is 0 Å². The average Bonchev–Trinajstić information content (AvgIpc) is 2.34. The maximum Gasteiger partial charge on any atom is 0.123 e. The van der Waals surface area contributed by atoms with Crippen LogP contribution in [0.25, 0.3) is 0 Å². The van der Waals surface area contributed by atoms with Crippen molar-refractivity contribution < 1.29 is 4.39 Å². The van der Waals surface area contributed by atoms with E-state index >= 15 is 0 Å². The van der Waals surface area contributed by atoms with E-state index < -0.39 is 0 Å². The Morgan fingerprint density at radius 2 is 1.74 bits per heavy atom. The molecule has 0 bridgehead atoms. The predicted molar refractivity (Wildman–Crippen MR) is 79.0 cm³/mol. The van der Waals surface area contributed by atoms with Gasteiger partial charge in [0.2, 0.25) is 0 Å². The van der Waals surface area contributed by atoms with Crippen molar-refractivity contribution in [2.45, 2.75) is 36.6 Å². The molecule has 2 N–H and O–H groups in total. The lowest BCUT2D eigenvalue weighted by Crippen LogP contribution is -2.06. The summed E-state index contributed by atoms with van der Waals surface area (Å²) in [5.41, 5.74) is 9.24. The molecular weight excluding hydrogens is 257 g/mol. The fraction of sp³-hybridized carbons (Fsp3) is 0.250. The molecule has 0 fully saturated rings. The molecule has 0 unspecified atom stereocenters. The third kappa shape index (κ3) is 3.37. The quantitative estimate of drug-likeness (QED) is 0.885. The van der Waals surface area contributed by atoms with Gasteiger partial charge in [-0.05, 0) is 56.2 Å². The summed E-state index contributed by atoms with van der Waals surface area (Å²) in [4.78, 5) is 2.20. The van der Waals surface area contributed by atoms with Crippen LogP contribution in [0, 0.1) is 19.7 Å². The molecule has 0 saturated carbocycles. The number of hydrogen-bond acceptors (Lipinski definition) is 2. The molecule has 0 aliphatic rings. The molecule has 100 valence electrons. The highest BCUT2D eigenvalue weighted by Crippen LogP contribution is 2.35. The van der Waals surface area contributed by atoms with Gasteiger partial charge < -0.3 is 5.73 Å². The standard InChI is InChI=1S/C16H18FNS/c1-10-4-6-15(11(2)8-10)19-16-7-5-13(17)9-14(16)12(3)18/h4-9,12H,18H2,1-3H3/t12-/m1/s1. The number of nitrogens with two attached hydrogens (primary N) is 1. The molecule has 0 saturated heterocycles. The Hall–Kier alpha value is -1.32. The molecule has 0 heterocycles. The maximum absolute atomic E-state index is 13.3. The zero-order valence-corrected chi connectivity index (χ0v) is 12.2. The maximum atomic E-state index is 13.3. The van der Waals surface area contributed by atoms with Gasteiger partial charge in [0.15, 0.2) is 0 Å². The molecule has 2 rings (SSSR count). The van der Waals surface area contributed by atoms with Crippen LogP contribution in [0.2, 0.25) is 0 Å². The van der Waals surface area contributed by atoms with E-state index in [1.54, 1.807) is 17.8 Å². The highest BCUT2D eigenvalue weighted by atomic mass is 32.2. The van der Waals surface area contributed by atoms with E-state index in [9.17, 15) is 4.39 Å². The van der Waals surface area contributed by atoms with Crippen molar-refractivity contribution >= 4 is 11.8 Å². The molecule has 3 heteroatoms. The lowest BCUT2D eigenvalue weighted by molar-refractivity contribution is 0.619. The molecule has 1 nitrogen and oxygen atoms in total. The first-order valence-corrected chi connectivity index (χ1v) is 7.09. The van der Waals surface area contributed by atoms with Gasteiger partial charge in [-0.3, -0.25) is 0 Å². The first-order chi connectivity index (χ1) is 8.97. The second kappa shape index (κ2) is 5.76. The van der Waals surface area contributed by atoms with E-state index in [1.165, 1.54) is 28.2 Å². The fourth-order valence-corrected chi connectivity index (χ4v) is 3.09. The van der Waals surface area contributed by atoms with Gasteiger partial charge >= 0.3 is 0 Å². The summed E-state index contributed by atoms with van der Waals surface area (Å²) in [6.45, 7) is 6.04. The van der Waals surface area contributed by atoms with Crippen molar-refractivity contribution in [2.75, 3.05) is 0 Å². The Morgan fingerprint density at radius 3 is 2.37 bits per heavy atom. The van der Waals surface area contributed by atoms with Crippen molar-refractivity contribution in [3.8, 4) is 0 Å². The van der Waals surface area contributed by atoms with E-state index in [1.807, 2.05) is 6.92 Å². The van der Waals surface area contributed by atoms with Crippen LogP contribution >= 0.6 is 11.8 Å². The monoisotopic (exact) mass is 275 g/mol. The topological polar surface area (TPSA) is 26.0 Å². The number of rotatable bonds is 3. The van der Waals surface area contributed by atoms with Crippen LogP contribution in [-0.4, -0.2) is 0 Å². The van der Waals surface area contributed by atoms with Crippen molar-refractivity contribution in [3.63, 3.8) is 0 Å². The Bertz CT molecular complexity index is 593. The second-order valence-electron chi connectivity index (χ2n) is 4.84. The molecule has 0 aliphatic heterocycles. The van der Waals surface area contributed by atoms with E-state index in [-0.39, 0.29) is 11.9 Å². The van der Waals surface area contributed by atoms with Crippen molar-refractivity contribution in [2.24, 2.45) is 5.73 Å². The first kappa shape index (κ1) is 14.1. The van der Waals surface area contributed by atoms with Crippen LogP contribution in [0.5, 0.6) is 0 Å². The van der Waals surface area contributed by atoms with Gasteiger partial charge in [0.1, 0.15) is 5.82 Å². The van der Waals surface area contributed by atoms with Gasteiger partial charge in [0.05, 0.1) is 0 Å². The second-order valence-corrected chi connectivity index (χ2v) is 5.93. The van der Waals surface area contributed by atoms with Crippen molar-refractivity contribution in [3.05, 3.63) is 58.9 Å². The van der Waals surface area contributed by atoms with Crippen molar-refractivity contribution in [1.29, 1.82) is 0 Å². The van der Waals surface area contributed by atoms with Crippen LogP contribution < -0.4 is 5.73 Å². The average molecular weight is 275 g/mol. The molecule has 0 radical (unpaired) electrons. The third-order valence-electron chi connectivity index (χ3n) is 3.01. The van der Waals surface area contributed by atoms with Crippen molar-refractivity contribution in [1.82, 2.24) is 0 Å². The third-order valence-corrected chi connectivity index (χ3v) is 4.28. The van der Waals surface area contributed by atoms with E-state index in [0.717, 1.165) is 10.5 Å². The Kier molecular flexibility index (Phi) is 4.27. The molecule has 0 amide bonds. The normalized spacial score (nSPS) is 12.5. The Morgan fingerprint density at radius 1 is 1.05 bits per heavy atom. The van der Waals surface area contributed by atoms with Crippen LogP contribution in [0.15, 0.2) is 46.2 Å². The van der Waals surface area contributed by atoms with Gasteiger partial charge in [-0.2, -0.15) is 0 Å². The van der Waals surface area contributed by atoms with Crippen LogP contribution in [0.3, 0.4) is 0 Å². The minimum atomic E-state index is -0.239. The molecule has 0 spiro atoms. The van der Waals surface area contributed by atoms with Crippen LogP contribution in [0.4, 0.5) is 4.39 Å². The summed E-state index contributed by atoms with van der Waals surface area (Å²) in [5.74, 6) is -0.239. The lowest BCUT2D eigenvalue weighted by atomic mass is 10.1. The molecule has 19 heavy (non-hydrogen) atoms. The summed E-state index contributed by atoms with van der Waals surface area (Å²) in [6, 6.07) is 11.0. The SMILES string of the molecule is Cc1ccc(Sc2ccc(F)cc2[C@@H](C)N)c(C)c1. The zero-order chi connectivity index (χ0) is 14.0. The Labute approximate surface area is 118 Å². The number of halogens is 1.